The Bertz CT molecular complexity index is 420. The minimum absolute atomic E-state index is 0.0872. The fourth-order valence-corrected chi connectivity index (χ4v) is 1.42. The summed E-state index contributed by atoms with van der Waals surface area (Å²) in [6.07, 6.45) is 1.53. The summed E-state index contributed by atoms with van der Waals surface area (Å²) in [5.74, 6) is 0.263. The molecule has 4 heteroatoms. The van der Waals surface area contributed by atoms with Crippen LogP contribution < -0.4 is 0 Å². The van der Waals surface area contributed by atoms with Gasteiger partial charge in [-0.1, -0.05) is 12.1 Å². The van der Waals surface area contributed by atoms with Gasteiger partial charge in [-0.3, -0.25) is 9.79 Å². The van der Waals surface area contributed by atoms with Gasteiger partial charge in [0.2, 0.25) is 5.78 Å². The lowest BCUT2D eigenvalue weighted by atomic mass is 10.2. The summed E-state index contributed by atoms with van der Waals surface area (Å²) in [5, 5.41) is 9.48. The number of likely N-dealkylation sites (N-methyl/N-ethyl adjacent to an activating group) is 1. The van der Waals surface area contributed by atoms with Crippen LogP contribution in [0.3, 0.4) is 0 Å². The van der Waals surface area contributed by atoms with Crippen LogP contribution in [0.2, 0.25) is 0 Å². The number of quaternary nitrogens is 1. The van der Waals surface area contributed by atoms with Gasteiger partial charge >= 0.3 is 0 Å². The number of benzene rings is 1. The van der Waals surface area contributed by atoms with Crippen molar-refractivity contribution in [1.82, 2.24) is 0 Å². The molecule has 0 aliphatic heterocycles. The SMILES string of the molecule is C[N+](C)(C)CC(=O)CN=Cc1ccccc1O. The van der Waals surface area contributed by atoms with Crippen LogP contribution in [0, 0.1) is 0 Å². The normalized spacial score (nSPS) is 11.9. The minimum atomic E-state index is 0.0872. The number of phenols is 1. The van der Waals surface area contributed by atoms with E-state index in [9.17, 15) is 9.90 Å². The van der Waals surface area contributed by atoms with E-state index < -0.39 is 0 Å². The Labute approximate surface area is 102 Å². The molecule has 0 atom stereocenters. The molecule has 0 aliphatic rings. The lowest BCUT2D eigenvalue weighted by molar-refractivity contribution is -0.862. The van der Waals surface area contributed by atoms with Crippen molar-refractivity contribution in [2.45, 2.75) is 0 Å². The first kappa shape index (κ1) is 13.4. The largest absolute Gasteiger partial charge is 0.507 e. The summed E-state index contributed by atoms with van der Waals surface area (Å²) in [5.41, 5.74) is 0.630. The lowest BCUT2D eigenvalue weighted by Gasteiger charge is -2.22. The second kappa shape index (κ2) is 5.59. The van der Waals surface area contributed by atoms with E-state index in [0.717, 1.165) is 0 Å². The van der Waals surface area contributed by atoms with Gasteiger partial charge in [0, 0.05) is 11.8 Å². The Morgan fingerprint density at radius 1 is 1.35 bits per heavy atom. The monoisotopic (exact) mass is 235 g/mol. The van der Waals surface area contributed by atoms with Crippen molar-refractivity contribution >= 4 is 12.0 Å². The number of para-hydroxylation sites is 1. The van der Waals surface area contributed by atoms with Crippen molar-refractivity contribution in [3.63, 3.8) is 0 Å². The molecule has 92 valence electrons. The number of carbonyl (C=O) groups is 1. The Hall–Kier alpha value is -1.68. The van der Waals surface area contributed by atoms with Gasteiger partial charge in [0.25, 0.3) is 0 Å². The molecule has 0 unspecified atom stereocenters. The van der Waals surface area contributed by atoms with Crippen molar-refractivity contribution in [2.75, 3.05) is 34.2 Å². The molecule has 4 nitrogen and oxygen atoms in total. The third-order valence-electron chi connectivity index (χ3n) is 2.09. The molecule has 0 aliphatic carbocycles. The quantitative estimate of drug-likeness (QED) is 0.613. The van der Waals surface area contributed by atoms with E-state index in [1.807, 2.05) is 27.2 Å². The molecule has 0 spiro atoms. The standard InChI is InChI=1S/C13H18N2O2/c1-15(2,3)10-12(16)9-14-8-11-6-4-5-7-13(11)17/h4-8H,9-10H2,1-3H3/p+1. The Balaban J connectivity index is 2.51. The molecule has 1 N–H and O–H groups in total. The minimum Gasteiger partial charge on any atom is -0.507 e. The number of Topliss-reactive ketones (excluding diaryl/α,β-unsaturated/α-hetero) is 1. The van der Waals surface area contributed by atoms with Gasteiger partial charge in [-0.2, -0.15) is 0 Å². The third-order valence-corrected chi connectivity index (χ3v) is 2.09. The van der Waals surface area contributed by atoms with Gasteiger partial charge in [0.15, 0.2) is 0 Å². The zero-order valence-corrected chi connectivity index (χ0v) is 10.6. The van der Waals surface area contributed by atoms with E-state index in [0.29, 0.717) is 16.6 Å². The zero-order chi connectivity index (χ0) is 12.9. The van der Waals surface area contributed by atoms with Crippen molar-refractivity contribution in [3.8, 4) is 5.75 Å². The summed E-state index contributed by atoms with van der Waals surface area (Å²) in [6.45, 7) is 0.613. The lowest BCUT2D eigenvalue weighted by Crippen LogP contribution is -2.40. The average Bonchev–Trinajstić information content (AvgIpc) is 2.18. The van der Waals surface area contributed by atoms with Crippen LogP contribution in [0.1, 0.15) is 5.56 Å². The van der Waals surface area contributed by atoms with Gasteiger partial charge in [-0.15, -0.1) is 0 Å². The van der Waals surface area contributed by atoms with E-state index in [2.05, 4.69) is 4.99 Å². The van der Waals surface area contributed by atoms with Crippen molar-refractivity contribution in [1.29, 1.82) is 0 Å². The number of aliphatic imine (C=N–C) groups is 1. The Morgan fingerprint density at radius 3 is 2.59 bits per heavy atom. The molecule has 0 bridgehead atoms. The maximum Gasteiger partial charge on any atom is 0.208 e. The van der Waals surface area contributed by atoms with Crippen LogP contribution in [0.25, 0.3) is 0 Å². The highest BCUT2D eigenvalue weighted by Gasteiger charge is 2.13. The second-order valence-corrected chi connectivity index (χ2v) is 5.02. The summed E-state index contributed by atoms with van der Waals surface area (Å²) < 4.78 is 0.602. The van der Waals surface area contributed by atoms with Gasteiger partial charge in [0.1, 0.15) is 18.8 Å². The average molecular weight is 235 g/mol. The van der Waals surface area contributed by atoms with Crippen LogP contribution in [-0.4, -0.2) is 55.8 Å². The summed E-state index contributed by atoms with van der Waals surface area (Å²) >= 11 is 0. The fraction of sp³-hybridized carbons (Fsp3) is 0.385. The molecule has 0 fully saturated rings. The third kappa shape index (κ3) is 5.26. The van der Waals surface area contributed by atoms with Gasteiger partial charge in [-0.25, -0.2) is 0 Å². The number of hydrogen-bond acceptors (Lipinski definition) is 3. The van der Waals surface area contributed by atoms with Crippen LogP contribution in [-0.2, 0) is 4.79 Å². The topological polar surface area (TPSA) is 49.7 Å². The van der Waals surface area contributed by atoms with E-state index in [-0.39, 0.29) is 18.1 Å². The summed E-state index contributed by atoms with van der Waals surface area (Å²) in [4.78, 5) is 15.6. The first-order chi connectivity index (χ1) is 7.88. The van der Waals surface area contributed by atoms with Crippen molar-refractivity contribution < 1.29 is 14.4 Å². The number of rotatable bonds is 5. The predicted molar refractivity (Wildman–Crippen MR) is 68.5 cm³/mol. The molecular formula is C13H19N2O2+. The zero-order valence-electron chi connectivity index (χ0n) is 10.6. The second-order valence-electron chi connectivity index (χ2n) is 5.02. The van der Waals surface area contributed by atoms with Crippen LogP contribution >= 0.6 is 0 Å². The molecule has 1 aromatic rings. The highest BCUT2D eigenvalue weighted by Crippen LogP contribution is 2.12. The van der Waals surface area contributed by atoms with E-state index in [1.54, 1.807) is 18.2 Å². The highest BCUT2D eigenvalue weighted by molar-refractivity contribution is 5.87. The number of hydrogen-bond donors (Lipinski definition) is 1. The van der Waals surface area contributed by atoms with Crippen molar-refractivity contribution in [2.24, 2.45) is 4.99 Å². The van der Waals surface area contributed by atoms with Crippen molar-refractivity contribution in [3.05, 3.63) is 29.8 Å². The Morgan fingerprint density at radius 2 is 2.00 bits per heavy atom. The first-order valence-corrected chi connectivity index (χ1v) is 5.48. The highest BCUT2D eigenvalue weighted by atomic mass is 16.3. The van der Waals surface area contributed by atoms with Gasteiger partial charge in [-0.05, 0) is 12.1 Å². The molecular weight excluding hydrogens is 216 g/mol. The van der Waals surface area contributed by atoms with Crippen LogP contribution in [0.4, 0.5) is 0 Å². The first-order valence-electron chi connectivity index (χ1n) is 5.48. The molecule has 1 rings (SSSR count). The molecule has 0 aromatic heterocycles. The molecule has 0 saturated heterocycles. The van der Waals surface area contributed by atoms with Gasteiger partial charge in [0.05, 0.1) is 21.1 Å². The summed E-state index contributed by atoms with van der Waals surface area (Å²) in [7, 11) is 5.89. The molecule has 17 heavy (non-hydrogen) atoms. The number of ketones is 1. The van der Waals surface area contributed by atoms with Crippen LogP contribution in [0.5, 0.6) is 5.75 Å². The van der Waals surface area contributed by atoms with Gasteiger partial charge < -0.3 is 9.59 Å². The fourth-order valence-electron chi connectivity index (χ4n) is 1.42. The number of phenolic OH excluding ortho intramolecular Hbond substituents is 1. The molecule has 1 aromatic carbocycles. The maximum absolute atomic E-state index is 11.5. The predicted octanol–water partition coefficient (Wildman–Crippen LogP) is 1.09. The van der Waals surface area contributed by atoms with E-state index >= 15 is 0 Å². The van der Waals surface area contributed by atoms with E-state index in [1.165, 1.54) is 6.21 Å². The Kier molecular flexibility index (Phi) is 4.40. The summed E-state index contributed by atoms with van der Waals surface area (Å²) in [6, 6.07) is 6.90. The smallest absolute Gasteiger partial charge is 0.208 e. The number of carbonyl (C=O) groups excluding carboxylic acids is 1. The number of nitrogens with zero attached hydrogens (tertiary/aromatic N) is 2. The molecule has 0 saturated carbocycles. The van der Waals surface area contributed by atoms with Crippen LogP contribution in [0.15, 0.2) is 29.3 Å². The number of aromatic hydroxyl groups is 1. The molecule has 0 amide bonds. The molecule has 0 radical (unpaired) electrons. The van der Waals surface area contributed by atoms with E-state index in [4.69, 9.17) is 0 Å². The molecule has 0 heterocycles. The maximum atomic E-state index is 11.5.